The Balaban J connectivity index is 1.73. The van der Waals surface area contributed by atoms with E-state index in [1.165, 1.54) is 0 Å². The van der Waals surface area contributed by atoms with Gasteiger partial charge in [0.1, 0.15) is 5.75 Å². The number of nitrogens with zero attached hydrogens (tertiary/aromatic N) is 1. The molecular formula is C20H23N3O3. The maximum absolute atomic E-state index is 12.3. The number of hydrogen-bond donors (Lipinski definition) is 2. The molecule has 1 aliphatic rings. The number of urea groups is 1. The molecule has 0 spiro atoms. The first-order valence-corrected chi connectivity index (χ1v) is 8.76. The molecule has 0 bridgehead atoms. The Kier molecular flexibility index (Phi) is 5.41. The van der Waals surface area contributed by atoms with Gasteiger partial charge in [-0.1, -0.05) is 19.1 Å². The molecule has 2 N–H and O–H groups in total. The van der Waals surface area contributed by atoms with Crippen LogP contribution in [0, 0.1) is 0 Å². The fourth-order valence-corrected chi connectivity index (χ4v) is 3.14. The van der Waals surface area contributed by atoms with E-state index in [0.29, 0.717) is 36.5 Å². The third-order valence-electron chi connectivity index (χ3n) is 4.34. The van der Waals surface area contributed by atoms with Crippen LogP contribution in [0.5, 0.6) is 5.75 Å². The summed E-state index contributed by atoms with van der Waals surface area (Å²) in [6.07, 6.45) is 2.11. The SMILES string of the molecule is CCCN1C(=O)CCc2cc(NC(=O)Nc3ccccc3OC)ccc21. The van der Waals surface area contributed by atoms with Gasteiger partial charge in [-0.3, -0.25) is 4.79 Å². The minimum atomic E-state index is -0.341. The Hall–Kier alpha value is -3.02. The van der Waals surface area contributed by atoms with Gasteiger partial charge in [0.2, 0.25) is 5.91 Å². The van der Waals surface area contributed by atoms with E-state index in [1.807, 2.05) is 35.2 Å². The zero-order valence-corrected chi connectivity index (χ0v) is 15.0. The Morgan fingerprint density at radius 2 is 1.96 bits per heavy atom. The average molecular weight is 353 g/mol. The summed E-state index contributed by atoms with van der Waals surface area (Å²) in [4.78, 5) is 26.2. The zero-order valence-electron chi connectivity index (χ0n) is 15.0. The van der Waals surface area contributed by atoms with Crippen molar-refractivity contribution >= 4 is 29.0 Å². The van der Waals surface area contributed by atoms with Crippen LogP contribution < -0.4 is 20.3 Å². The molecule has 3 rings (SSSR count). The topological polar surface area (TPSA) is 70.7 Å². The molecule has 0 aliphatic carbocycles. The number of fused-ring (bicyclic) bond motifs is 1. The van der Waals surface area contributed by atoms with Crippen molar-refractivity contribution in [3.63, 3.8) is 0 Å². The molecule has 2 aromatic carbocycles. The molecule has 6 heteroatoms. The monoisotopic (exact) mass is 353 g/mol. The van der Waals surface area contributed by atoms with Gasteiger partial charge >= 0.3 is 6.03 Å². The van der Waals surface area contributed by atoms with Gasteiger partial charge in [-0.25, -0.2) is 4.79 Å². The number of ether oxygens (including phenoxy) is 1. The third-order valence-corrected chi connectivity index (χ3v) is 4.34. The van der Waals surface area contributed by atoms with Gasteiger partial charge in [-0.15, -0.1) is 0 Å². The van der Waals surface area contributed by atoms with E-state index in [-0.39, 0.29) is 11.9 Å². The number of methoxy groups -OCH3 is 1. The highest BCUT2D eigenvalue weighted by molar-refractivity contribution is 6.01. The van der Waals surface area contributed by atoms with E-state index >= 15 is 0 Å². The molecule has 26 heavy (non-hydrogen) atoms. The summed E-state index contributed by atoms with van der Waals surface area (Å²) in [5.74, 6) is 0.760. The summed E-state index contributed by atoms with van der Waals surface area (Å²) in [5, 5.41) is 5.63. The van der Waals surface area contributed by atoms with Gasteiger partial charge in [0.15, 0.2) is 0 Å². The zero-order chi connectivity index (χ0) is 18.5. The van der Waals surface area contributed by atoms with Crippen LogP contribution in [-0.2, 0) is 11.2 Å². The summed E-state index contributed by atoms with van der Waals surface area (Å²) < 4.78 is 5.24. The lowest BCUT2D eigenvalue weighted by Gasteiger charge is -2.29. The molecule has 0 unspecified atom stereocenters. The molecule has 0 aromatic heterocycles. The molecule has 0 saturated carbocycles. The fraction of sp³-hybridized carbons (Fsp3) is 0.300. The first kappa shape index (κ1) is 17.8. The second-order valence-corrected chi connectivity index (χ2v) is 6.17. The Bertz CT molecular complexity index is 820. The van der Waals surface area contributed by atoms with Gasteiger partial charge in [-0.05, 0) is 48.7 Å². The van der Waals surface area contributed by atoms with Crippen molar-refractivity contribution in [3.05, 3.63) is 48.0 Å². The van der Waals surface area contributed by atoms with Crippen LogP contribution >= 0.6 is 0 Å². The molecule has 0 saturated heterocycles. The largest absolute Gasteiger partial charge is 0.495 e. The second-order valence-electron chi connectivity index (χ2n) is 6.17. The van der Waals surface area contributed by atoms with E-state index in [2.05, 4.69) is 17.6 Å². The van der Waals surface area contributed by atoms with Crippen molar-refractivity contribution in [1.82, 2.24) is 0 Å². The van der Waals surface area contributed by atoms with Crippen LogP contribution in [0.3, 0.4) is 0 Å². The summed E-state index contributed by atoms with van der Waals surface area (Å²) in [7, 11) is 1.56. The molecule has 3 amide bonds. The standard InChI is InChI=1S/C20H23N3O3/c1-3-12-23-17-10-9-15(13-14(17)8-11-19(23)24)21-20(25)22-16-6-4-5-7-18(16)26-2/h4-7,9-10,13H,3,8,11-12H2,1-2H3,(H2,21,22,25). The number of carbonyl (C=O) groups is 2. The molecule has 0 radical (unpaired) electrons. The molecule has 6 nitrogen and oxygen atoms in total. The third kappa shape index (κ3) is 3.79. The van der Waals surface area contributed by atoms with Crippen molar-refractivity contribution in [1.29, 1.82) is 0 Å². The van der Waals surface area contributed by atoms with Crippen LogP contribution in [0.2, 0.25) is 0 Å². The summed E-state index contributed by atoms with van der Waals surface area (Å²) in [6, 6.07) is 12.6. The van der Waals surface area contributed by atoms with Crippen LogP contribution in [0.15, 0.2) is 42.5 Å². The smallest absolute Gasteiger partial charge is 0.323 e. The van der Waals surface area contributed by atoms with E-state index < -0.39 is 0 Å². The van der Waals surface area contributed by atoms with Crippen molar-refractivity contribution in [2.75, 3.05) is 29.2 Å². The van der Waals surface area contributed by atoms with Crippen LogP contribution in [-0.4, -0.2) is 25.6 Å². The highest BCUT2D eigenvalue weighted by atomic mass is 16.5. The van der Waals surface area contributed by atoms with Gasteiger partial charge in [0.05, 0.1) is 12.8 Å². The number of aryl methyl sites for hydroxylation is 1. The lowest BCUT2D eigenvalue weighted by atomic mass is 10.00. The Morgan fingerprint density at radius 3 is 2.73 bits per heavy atom. The van der Waals surface area contributed by atoms with E-state index in [9.17, 15) is 9.59 Å². The normalized spacial score (nSPS) is 13.2. The first-order chi connectivity index (χ1) is 12.6. The summed E-state index contributed by atoms with van der Waals surface area (Å²) >= 11 is 0. The summed E-state index contributed by atoms with van der Waals surface area (Å²) in [5.41, 5.74) is 3.32. The Morgan fingerprint density at radius 1 is 1.15 bits per heavy atom. The maximum Gasteiger partial charge on any atom is 0.323 e. The predicted octanol–water partition coefficient (Wildman–Crippen LogP) is 4.03. The molecule has 2 aromatic rings. The van der Waals surface area contributed by atoms with Crippen molar-refractivity contribution < 1.29 is 14.3 Å². The number of carbonyl (C=O) groups excluding carboxylic acids is 2. The number of benzene rings is 2. The maximum atomic E-state index is 12.3. The van der Waals surface area contributed by atoms with E-state index in [4.69, 9.17) is 4.74 Å². The number of anilines is 3. The number of para-hydroxylation sites is 2. The summed E-state index contributed by atoms with van der Waals surface area (Å²) in [6.45, 7) is 2.77. The molecular weight excluding hydrogens is 330 g/mol. The number of amides is 3. The average Bonchev–Trinajstić information content (AvgIpc) is 2.64. The number of rotatable bonds is 5. The van der Waals surface area contributed by atoms with E-state index in [1.54, 1.807) is 19.2 Å². The minimum absolute atomic E-state index is 0.161. The number of nitrogens with one attached hydrogen (secondary N) is 2. The lowest BCUT2D eigenvalue weighted by Crippen LogP contribution is -2.35. The predicted molar refractivity (Wildman–Crippen MR) is 103 cm³/mol. The van der Waals surface area contributed by atoms with Gasteiger partial charge < -0.3 is 20.3 Å². The van der Waals surface area contributed by atoms with Crippen LogP contribution in [0.4, 0.5) is 21.9 Å². The highest BCUT2D eigenvalue weighted by Gasteiger charge is 2.23. The van der Waals surface area contributed by atoms with Crippen molar-refractivity contribution in [2.24, 2.45) is 0 Å². The molecule has 1 heterocycles. The fourth-order valence-electron chi connectivity index (χ4n) is 3.14. The Labute approximate surface area is 153 Å². The molecule has 0 atom stereocenters. The molecule has 136 valence electrons. The minimum Gasteiger partial charge on any atom is -0.495 e. The van der Waals surface area contributed by atoms with Crippen LogP contribution in [0.25, 0.3) is 0 Å². The van der Waals surface area contributed by atoms with Crippen LogP contribution in [0.1, 0.15) is 25.3 Å². The van der Waals surface area contributed by atoms with E-state index in [0.717, 1.165) is 17.7 Å². The second kappa shape index (κ2) is 7.91. The van der Waals surface area contributed by atoms with Gasteiger partial charge in [0.25, 0.3) is 0 Å². The van der Waals surface area contributed by atoms with Crippen molar-refractivity contribution in [3.8, 4) is 5.75 Å². The number of hydrogen-bond acceptors (Lipinski definition) is 3. The van der Waals surface area contributed by atoms with Crippen molar-refractivity contribution in [2.45, 2.75) is 26.2 Å². The molecule has 1 aliphatic heterocycles. The van der Waals surface area contributed by atoms with Gasteiger partial charge in [-0.2, -0.15) is 0 Å². The first-order valence-electron chi connectivity index (χ1n) is 8.76. The van der Waals surface area contributed by atoms with Gasteiger partial charge in [0, 0.05) is 24.3 Å². The highest BCUT2D eigenvalue weighted by Crippen LogP contribution is 2.30. The quantitative estimate of drug-likeness (QED) is 0.852. The molecule has 0 fully saturated rings. The lowest BCUT2D eigenvalue weighted by molar-refractivity contribution is -0.118.